The van der Waals surface area contributed by atoms with Crippen molar-refractivity contribution in [1.29, 1.82) is 0 Å². The van der Waals surface area contributed by atoms with Crippen LogP contribution in [0.1, 0.15) is 13.8 Å². The SMILES string of the molecule is CC1NCN(C(C)CN2CCOCC2)C1=O. The van der Waals surface area contributed by atoms with Crippen LogP contribution in [0, 0.1) is 0 Å². The standard InChI is InChI=1S/C11H21N3O2/c1-9(7-13-3-5-16-6-4-13)14-8-12-10(2)11(14)15/h9-10,12H,3-8H2,1-2H3. The summed E-state index contributed by atoms with van der Waals surface area (Å²) in [7, 11) is 0. The van der Waals surface area contributed by atoms with Gasteiger partial charge in [0.2, 0.25) is 5.91 Å². The minimum atomic E-state index is -0.0212. The molecular weight excluding hydrogens is 206 g/mol. The number of morpholine rings is 1. The third-order valence-electron chi connectivity index (χ3n) is 3.38. The molecule has 5 heteroatoms. The van der Waals surface area contributed by atoms with Gasteiger partial charge in [-0.1, -0.05) is 0 Å². The van der Waals surface area contributed by atoms with Gasteiger partial charge in [0, 0.05) is 25.7 Å². The molecule has 16 heavy (non-hydrogen) atoms. The summed E-state index contributed by atoms with van der Waals surface area (Å²) in [6.45, 7) is 9.27. The lowest BCUT2D eigenvalue weighted by Crippen LogP contribution is -2.47. The first-order valence-electron chi connectivity index (χ1n) is 6.02. The smallest absolute Gasteiger partial charge is 0.240 e. The van der Waals surface area contributed by atoms with Crippen molar-refractivity contribution in [2.45, 2.75) is 25.9 Å². The van der Waals surface area contributed by atoms with Gasteiger partial charge in [0.25, 0.3) is 0 Å². The van der Waals surface area contributed by atoms with E-state index in [1.807, 2.05) is 11.8 Å². The van der Waals surface area contributed by atoms with E-state index in [9.17, 15) is 4.79 Å². The van der Waals surface area contributed by atoms with Crippen LogP contribution in [0.3, 0.4) is 0 Å². The third-order valence-corrected chi connectivity index (χ3v) is 3.38. The van der Waals surface area contributed by atoms with Crippen LogP contribution in [0.5, 0.6) is 0 Å². The molecule has 92 valence electrons. The van der Waals surface area contributed by atoms with E-state index in [0.29, 0.717) is 6.67 Å². The molecule has 0 saturated carbocycles. The summed E-state index contributed by atoms with van der Waals surface area (Å²) in [5.74, 6) is 0.223. The minimum Gasteiger partial charge on any atom is -0.379 e. The van der Waals surface area contributed by atoms with Gasteiger partial charge in [-0.05, 0) is 13.8 Å². The number of carbonyl (C=O) groups excluding carboxylic acids is 1. The second kappa shape index (κ2) is 5.12. The Balaban J connectivity index is 1.82. The highest BCUT2D eigenvalue weighted by atomic mass is 16.5. The van der Waals surface area contributed by atoms with Gasteiger partial charge in [0.05, 0.1) is 25.9 Å². The van der Waals surface area contributed by atoms with Crippen LogP contribution in [0.4, 0.5) is 0 Å². The average Bonchev–Trinajstić information content (AvgIpc) is 2.61. The van der Waals surface area contributed by atoms with Gasteiger partial charge in [-0.3, -0.25) is 15.0 Å². The largest absolute Gasteiger partial charge is 0.379 e. The maximum absolute atomic E-state index is 11.8. The molecule has 0 aromatic heterocycles. The fourth-order valence-electron chi connectivity index (χ4n) is 2.28. The van der Waals surface area contributed by atoms with E-state index in [1.165, 1.54) is 0 Å². The van der Waals surface area contributed by atoms with E-state index in [4.69, 9.17) is 4.74 Å². The van der Waals surface area contributed by atoms with Gasteiger partial charge in [-0.2, -0.15) is 0 Å². The maximum Gasteiger partial charge on any atom is 0.240 e. The highest BCUT2D eigenvalue weighted by Gasteiger charge is 2.31. The monoisotopic (exact) mass is 227 g/mol. The molecule has 0 aromatic rings. The molecule has 2 aliphatic heterocycles. The van der Waals surface area contributed by atoms with Gasteiger partial charge >= 0.3 is 0 Å². The average molecular weight is 227 g/mol. The second-order valence-electron chi connectivity index (χ2n) is 4.65. The Hall–Kier alpha value is -0.650. The lowest BCUT2D eigenvalue weighted by molar-refractivity contribution is -0.130. The summed E-state index contributed by atoms with van der Waals surface area (Å²) in [6.07, 6.45) is 0. The van der Waals surface area contributed by atoms with Gasteiger partial charge in [-0.15, -0.1) is 0 Å². The van der Waals surface area contributed by atoms with E-state index in [1.54, 1.807) is 0 Å². The Morgan fingerprint density at radius 1 is 1.50 bits per heavy atom. The van der Waals surface area contributed by atoms with Crippen LogP contribution in [-0.2, 0) is 9.53 Å². The van der Waals surface area contributed by atoms with Crippen molar-refractivity contribution < 1.29 is 9.53 Å². The van der Waals surface area contributed by atoms with Crippen LogP contribution < -0.4 is 5.32 Å². The van der Waals surface area contributed by atoms with E-state index in [2.05, 4.69) is 17.1 Å². The highest BCUT2D eigenvalue weighted by molar-refractivity contribution is 5.83. The van der Waals surface area contributed by atoms with E-state index in [0.717, 1.165) is 32.8 Å². The van der Waals surface area contributed by atoms with E-state index in [-0.39, 0.29) is 18.0 Å². The van der Waals surface area contributed by atoms with Crippen LogP contribution in [0.2, 0.25) is 0 Å². The molecule has 0 spiro atoms. The molecule has 0 aromatic carbocycles. The summed E-state index contributed by atoms with van der Waals surface area (Å²) in [5, 5.41) is 3.17. The molecule has 0 aliphatic carbocycles. The summed E-state index contributed by atoms with van der Waals surface area (Å²) >= 11 is 0. The van der Waals surface area contributed by atoms with Crippen molar-refractivity contribution in [3.63, 3.8) is 0 Å². The molecule has 1 N–H and O–H groups in total. The number of ether oxygens (including phenoxy) is 1. The quantitative estimate of drug-likeness (QED) is 0.705. The van der Waals surface area contributed by atoms with Crippen molar-refractivity contribution in [2.75, 3.05) is 39.5 Å². The normalized spacial score (nSPS) is 29.8. The van der Waals surface area contributed by atoms with Crippen molar-refractivity contribution in [3.8, 4) is 0 Å². The molecular formula is C11H21N3O2. The van der Waals surface area contributed by atoms with Crippen LogP contribution in [-0.4, -0.2) is 67.3 Å². The van der Waals surface area contributed by atoms with Gasteiger partial charge < -0.3 is 9.64 Å². The first-order chi connectivity index (χ1) is 7.68. The Morgan fingerprint density at radius 3 is 2.75 bits per heavy atom. The van der Waals surface area contributed by atoms with Crippen molar-refractivity contribution in [3.05, 3.63) is 0 Å². The second-order valence-corrected chi connectivity index (χ2v) is 4.65. The molecule has 2 atom stereocenters. The number of carbonyl (C=O) groups is 1. The number of hydrogen-bond acceptors (Lipinski definition) is 4. The topological polar surface area (TPSA) is 44.8 Å². The molecule has 5 nitrogen and oxygen atoms in total. The first-order valence-corrected chi connectivity index (χ1v) is 6.02. The van der Waals surface area contributed by atoms with Gasteiger partial charge in [0.15, 0.2) is 0 Å². The van der Waals surface area contributed by atoms with Gasteiger partial charge in [0.1, 0.15) is 0 Å². The molecule has 0 bridgehead atoms. The predicted molar refractivity (Wildman–Crippen MR) is 61.0 cm³/mol. The zero-order valence-electron chi connectivity index (χ0n) is 10.1. The fraction of sp³-hybridized carbons (Fsp3) is 0.909. The Morgan fingerprint density at radius 2 is 2.19 bits per heavy atom. The molecule has 2 aliphatic rings. The predicted octanol–water partition coefficient (Wildman–Crippen LogP) is -0.515. The third kappa shape index (κ3) is 2.53. The molecule has 1 amide bonds. The Kier molecular flexibility index (Phi) is 3.78. The number of nitrogens with zero attached hydrogens (tertiary/aromatic N) is 2. The summed E-state index contributed by atoms with van der Waals surface area (Å²) in [4.78, 5) is 16.1. The Labute approximate surface area is 96.7 Å². The van der Waals surface area contributed by atoms with Crippen LogP contribution in [0.15, 0.2) is 0 Å². The van der Waals surface area contributed by atoms with Crippen molar-refractivity contribution >= 4 is 5.91 Å². The van der Waals surface area contributed by atoms with E-state index < -0.39 is 0 Å². The molecule has 2 rings (SSSR count). The van der Waals surface area contributed by atoms with Crippen LogP contribution in [0.25, 0.3) is 0 Å². The fourth-order valence-corrected chi connectivity index (χ4v) is 2.28. The lowest BCUT2D eigenvalue weighted by Gasteiger charge is -2.32. The van der Waals surface area contributed by atoms with E-state index >= 15 is 0 Å². The van der Waals surface area contributed by atoms with Gasteiger partial charge in [-0.25, -0.2) is 0 Å². The first kappa shape index (κ1) is 11.8. The number of nitrogens with one attached hydrogen (secondary N) is 1. The summed E-state index contributed by atoms with van der Waals surface area (Å²) in [6, 6.07) is 0.259. The van der Waals surface area contributed by atoms with Crippen molar-refractivity contribution in [1.82, 2.24) is 15.1 Å². The molecule has 2 heterocycles. The Bertz CT molecular complexity index is 254. The minimum absolute atomic E-state index is 0.0212. The molecule has 2 fully saturated rings. The molecule has 2 unspecified atom stereocenters. The molecule has 0 radical (unpaired) electrons. The van der Waals surface area contributed by atoms with Crippen molar-refractivity contribution in [2.24, 2.45) is 0 Å². The highest BCUT2D eigenvalue weighted by Crippen LogP contribution is 2.10. The zero-order valence-corrected chi connectivity index (χ0v) is 10.1. The number of amides is 1. The summed E-state index contributed by atoms with van der Waals surface area (Å²) < 4.78 is 5.31. The maximum atomic E-state index is 11.8. The van der Waals surface area contributed by atoms with Crippen LogP contribution >= 0.6 is 0 Å². The molecule has 2 saturated heterocycles. The zero-order chi connectivity index (χ0) is 11.5. The number of hydrogen-bond donors (Lipinski definition) is 1. The lowest BCUT2D eigenvalue weighted by atomic mass is 10.2. The number of rotatable bonds is 3. The summed E-state index contributed by atoms with van der Waals surface area (Å²) in [5.41, 5.74) is 0.